The molecule has 7 nitrogen and oxygen atoms in total. The molecule has 0 fully saturated rings. The highest BCUT2D eigenvalue weighted by atomic mass is 32.2. The standard InChI is InChI=1S/C27H46N2O5S2/c1-5-7-15-35-17-9-13-28-25(30)20-22(27(32)29-14-10-18-36-16-8-6-2)26(31)21-11-12-23(33-3)24(19-21)34-4/h11-12,19,22,26,31H,5-10,13-18,20H2,1-4H3,(H,28,30)(H,29,32)/t22-,26+/m1/s1. The number of aliphatic hydroxyl groups is 1. The quantitative estimate of drug-likeness (QED) is 0.192. The molecule has 0 aromatic heterocycles. The normalized spacial score (nSPS) is 12.6. The van der Waals surface area contributed by atoms with Gasteiger partial charge < -0.3 is 25.2 Å². The summed E-state index contributed by atoms with van der Waals surface area (Å²) in [5.74, 6) is 3.77. The van der Waals surface area contributed by atoms with E-state index in [1.165, 1.54) is 39.9 Å². The Balaban J connectivity index is 2.73. The van der Waals surface area contributed by atoms with Gasteiger partial charge in [-0.25, -0.2) is 0 Å². The summed E-state index contributed by atoms with van der Waals surface area (Å²) in [7, 11) is 3.06. The lowest BCUT2D eigenvalue weighted by Gasteiger charge is -2.23. The maximum Gasteiger partial charge on any atom is 0.226 e. The molecule has 0 spiro atoms. The Morgan fingerprint density at radius 3 is 1.97 bits per heavy atom. The Kier molecular flexibility index (Phi) is 18.5. The van der Waals surface area contributed by atoms with E-state index in [2.05, 4.69) is 24.5 Å². The summed E-state index contributed by atoms with van der Waals surface area (Å²) in [5, 5.41) is 17.0. The molecule has 36 heavy (non-hydrogen) atoms. The molecule has 2 amide bonds. The lowest BCUT2D eigenvalue weighted by Crippen LogP contribution is -2.38. The Hall–Kier alpha value is -1.58. The zero-order chi connectivity index (χ0) is 26.6. The van der Waals surface area contributed by atoms with Crippen LogP contribution in [0, 0.1) is 5.92 Å². The van der Waals surface area contributed by atoms with Gasteiger partial charge in [-0.2, -0.15) is 23.5 Å². The maximum atomic E-state index is 13.1. The van der Waals surface area contributed by atoms with Gasteiger partial charge in [-0.15, -0.1) is 0 Å². The van der Waals surface area contributed by atoms with Crippen molar-refractivity contribution in [3.63, 3.8) is 0 Å². The van der Waals surface area contributed by atoms with E-state index in [9.17, 15) is 14.7 Å². The lowest BCUT2D eigenvalue weighted by molar-refractivity contribution is -0.134. The Morgan fingerprint density at radius 1 is 0.861 bits per heavy atom. The summed E-state index contributed by atoms with van der Waals surface area (Å²) >= 11 is 3.78. The highest BCUT2D eigenvalue weighted by Crippen LogP contribution is 2.33. The average molecular weight is 543 g/mol. The molecule has 206 valence electrons. The predicted octanol–water partition coefficient (Wildman–Crippen LogP) is 4.82. The van der Waals surface area contributed by atoms with Crippen LogP contribution >= 0.6 is 23.5 Å². The Morgan fingerprint density at radius 2 is 1.42 bits per heavy atom. The topological polar surface area (TPSA) is 96.9 Å². The second-order valence-electron chi connectivity index (χ2n) is 8.65. The third kappa shape index (κ3) is 13.1. The third-order valence-electron chi connectivity index (χ3n) is 5.71. The third-order valence-corrected chi connectivity index (χ3v) is 8.02. The minimum absolute atomic E-state index is 0.0877. The molecule has 0 saturated carbocycles. The molecule has 1 aromatic carbocycles. The van der Waals surface area contributed by atoms with E-state index in [0.717, 1.165) is 35.9 Å². The summed E-state index contributed by atoms with van der Waals surface area (Å²) in [6, 6.07) is 5.04. The summed E-state index contributed by atoms with van der Waals surface area (Å²) < 4.78 is 10.6. The van der Waals surface area contributed by atoms with Crippen LogP contribution in [0.25, 0.3) is 0 Å². The summed E-state index contributed by atoms with van der Waals surface area (Å²) in [6.45, 7) is 5.43. The molecule has 3 N–H and O–H groups in total. The minimum atomic E-state index is -1.15. The van der Waals surface area contributed by atoms with Crippen molar-refractivity contribution in [1.29, 1.82) is 0 Å². The van der Waals surface area contributed by atoms with Crippen molar-refractivity contribution in [2.24, 2.45) is 5.92 Å². The second-order valence-corrected chi connectivity index (χ2v) is 11.1. The molecule has 9 heteroatoms. The van der Waals surface area contributed by atoms with Gasteiger partial charge in [0.15, 0.2) is 11.5 Å². The number of ether oxygens (including phenoxy) is 2. The average Bonchev–Trinajstić information content (AvgIpc) is 2.89. The maximum absolute atomic E-state index is 13.1. The van der Waals surface area contributed by atoms with Crippen LogP contribution in [-0.2, 0) is 9.59 Å². The number of benzene rings is 1. The first-order valence-corrected chi connectivity index (χ1v) is 15.4. The van der Waals surface area contributed by atoms with Gasteiger partial charge in [-0.1, -0.05) is 32.8 Å². The fourth-order valence-electron chi connectivity index (χ4n) is 3.50. The highest BCUT2D eigenvalue weighted by Gasteiger charge is 2.31. The van der Waals surface area contributed by atoms with Crippen LogP contribution in [0.2, 0.25) is 0 Å². The molecule has 0 radical (unpaired) electrons. The van der Waals surface area contributed by atoms with E-state index < -0.39 is 12.0 Å². The second kappa shape index (κ2) is 20.5. The highest BCUT2D eigenvalue weighted by molar-refractivity contribution is 7.99. The van der Waals surface area contributed by atoms with Gasteiger partial charge in [0.2, 0.25) is 11.8 Å². The van der Waals surface area contributed by atoms with E-state index in [1.807, 2.05) is 23.5 Å². The predicted molar refractivity (Wildman–Crippen MR) is 152 cm³/mol. The molecule has 0 saturated heterocycles. The largest absolute Gasteiger partial charge is 0.493 e. The zero-order valence-electron chi connectivity index (χ0n) is 22.5. The number of carbonyl (C=O) groups excluding carboxylic acids is 2. The number of rotatable bonds is 21. The van der Waals surface area contributed by atoms with Crippen LogP contribution < -0.4 is 20.1 Å². The zero-order valence-corrected chi connectivity index (χ0v) is 24.1. The van der Waals surface area contributed by atoms with Crippen molar-refractivity contribution in [2.75, 3.05) is 50.3 Å². The van der Waals surface area contributed by atoms with Gasteiger partial charge in [0.1, 0.15) is 0 Å². The first kappa shape index (κ1) is 32.4. The Labute approximate surface area is 226 Å². The first-order valence-electron chi connectivity index (χ1n) is 13.1. The van der Waals surface area contributed by atoms with Crippen molar-refractivity contribution in [3.8, 4) is 11.5 Å². The molecule has 0 heterocycles. The van der Waals surface area contributed by atoms with Crippen molar-refractivity contribution < 1.29 is 24.2 Å². The van der Waals surface area contributed by atoms with Crippen LogP contribution in [0.1, 0.15) is 70.5 Å². The van der Waals surface area contributed by atoms with E-state index in [1.54, 1.807) is 18.2 Å². The SMILES string of the molecule is CCCCSCCCNC(=O)C[C@@H](C(=O)NCCCSCCCC)[C@@H](O)c1ccc(OC)c(OC)c1. The van der Waals surface area contributed by atoms with Gasteiger partial charge in [-0.05, 0) is 66.4 Å². The molecule has 2 atom stereocenters. The van der Waals surface area contributed by atoms with Gasteiger partial charge in [0.05, 0.1) is 26.2 Å². The molecule has 0 bridgehead atoms. The number of carbonyl (C=O) groups is 2. The number of nitrogens with one attached hydrogen (secondary N) is 2. The smallest absolute Gasteiger partial charge is 0.226 e. The van der Waals surface area contributed by atoms with E-state index in [-0.39, 0.29) is 18.2 Å². The summed E-state index contributed by atoms with van der Waals surface area (Å²) in [4.78, 5) is 25.7. The minimum Gasteiger partial charge on any atom is -0.493 e. The van der Waals surface area contributed by atoms with Gasteiger partial charge in [0, 0.05) is 19.5 Å². The summed E-state index contributed by atoms with van der Waals surface area (Å²) in [5.41, 5.74) is 0.503. The number of hydrogen-bond acceptors (Lipinski definition) is 7. The van der Waals surface area contributed by atoms with Crippen LogP contribution in [0.5, 0.6) is 11.5 Å². The first-order chi connectivity index (χ1) is 17.5. The molecular weight excluding hydrogens is 496 g/mol. The molecule has 0 aliphatic heterocycles. The van der Waals surface area contributed by atoms with Gasteiger partial charge in [0.25, 0.3) is 0 Å². The van der Waals surface area contributed by atoms with Crippen LogP contribution in [0.4, 0.5) is 0 Å². The molecule has 0 aliphatic carbocycles. The van der Waals surface area contributed by atoms with Crippen molar-refractivity contribution in [3.05, 3.63) is 23.8 Å². The van der Waals surface area contributed by atoms with Crippen molar-refractivity contribution in [2.45, 2.75) is 64.9 Å². The van der Waals surface area contributed by atoms with E-state index in [4.69, 9.17) is 9.47 Å². The monoisotopic (exact) mass is 542 g/mol. The van der Waals surface area contributed by atoms with Crippen LogP contribution in [-0.4, -0.2) is 67.2 Å². The van der Waals surface area contributed by atoms with Crippen LogP contribution in [0.3, 0.4) is 0 Å². The number of thioether (sulfide) groups is 2. The van der Waals surface area contributed by atoms with Crippen molar-refractivity contribution in [1.82, 2.24) is 10.6 Å². The van der Waals surface area contributed by atoms with Gasteiger partial charge in [-0.3, -0.25) is 9.59 Å². The number of aliphatic hydroxyl groups excluding tert-OH is 1. The van der Waals surface area contributed by atoms with Crippen molar-refractivity contribution >= 4 is 35.3 Å². The fraction of sp³-hybridized carbons (Fsp3) is 0.704. The summed E-state index contributed by atoms with van der Waals surface area (Å²) in [6.07, 6.45) is 5.26. The number of amides is 2. The lowest BCUT2D eigenvalue weighted by atomic mass is 9.91. The molecular formula is C27H46N2O5S2. The molecule has 1 rings (SSSR count). The Bertz CT molecular complexity index is 751. The van der Waals surface area contributed by atoms with Crippen LogP contribution in [0.15, 0.2) is 18.2 Å². The molecule has 1 aromatic rings. The number of unbranched alkanes of at least 4 members (excludes halogenated alkanes) is 2. The number of hydrogen-bond donors (Lipinski definition) is 3. The molecule has 0 aliphatic rings. The van der Waals surface area contributed by atoms with E-state index >= 15 is 0 Å². The molecule has 0 unspecified atom stereocenters. The fourth-order valence-corrected chi connectivity index (χ4v) is 5.60. The van der Waals surface area contributed by atoms with E-state index in [0.29, 0.717) is 30.2 Å². The number of methoxy groups -OCH3 is 2. The van der Waals surface area contributed by atoms with Gasteiger partial charge >= 0.3 is 0 Å².